The van der Waals surface area contributed by atoms with E-state index in [9.17, 15) is 24.9 Å². The van der Waals surface area contributed by atoms with Crippen LogP contribution >= 0.6 is 0 Å². The van der Waals surface area contributed by atoms with Gasteiger partial charge in [0, 0.05) is 22.3 Å². The minimum atomic E-state index is -1.37. The van der Waals surface area contributed by atoms with Gasteiger partial charge >= 0.3 is 0 Å². The summed E-state index contributed by atoms with van der Waals surface area (Å²) in [5.41, 5.74) is 2.44. The summed E-state index contributed by atoms with van der Waals surface area (Å²) in [4.78, 5) is 26.0. The highest BCUT2D eigenvalue weighted by atomic mass is 16.7. The Balaban J connectivity index is 1.19. The summed E-state index contributed by atoms with van der Waals surface area (Å²) >= 11 is 0. The molecular weight excluding hydrogens is 544 g/mol. The van der Waals surface area contributed by atoms with Crippen LogP contribution in [0.3, 0.4) is 0 Å². The lowest BCUT2D eigenvalue weighted by atomic mass is 9.46. The number of Topliss-reactive ketones (excluding diaryl/α,β-unsaturated/α-hetero) is 1. The maximum Gasteiger partial charge on any atom is 0.193 e. The predicted molar refractivity (Wildman–Crippen MR) is 159 cm³/mol. The molecule has 0 radical (unpaired) electrons. The van der Waals surface area contributed by atoms with Crippen molar-refractivity contribution in [2.24, 2.45) is 28.6 Å². The Morgan fingerprint density at radius 2 is 1.81 bits per heavy atom. The number of rotatable bonds is 6. The second-order valence-corrected chi connectivity index (χ2v) is 13.7. The lowest BCUT2D eigenvalue weighted by Crippen LogP contribution is -2.63. The fraction of sp³-hybridized carbons (Fsp3) is 0.500. The highest BCUT2D eigenvalue weighted by Gasteiger charge is 2.75. The Morgan fingerprint density at radius 3 is 2.56 bits per heavy atom. The monoisotopic (exact) mass is 584 g/mol. The average Bonchev–Trinajstić information content (AvgIpc) is 3.50. The number of hydrogen-bond acceptors (Lipinski definition) is 7. The van der Waals surface area contributed by atoms with Crippen LogP contribution in [0.1, 0.15) is 68.1 Å². The number of ketones is 2. The molecule has 7 nitrogen and oxygen atoms in total. The Kier molecular flexibility index (Phi) is 6.91. The van der Waals surface area contributed by atoms with E-state index in [1.807, 2.05) is 54.6 Å². The first-order valence-corrected chi connectivity index (χ1v) is 15.5. The summed E-state index contributed by atoms with van der Waals surface area (Å²) in [7, 11) is 0. The van der Waals surface area contributed by atoms with Gasteiger partial charge < -0.3 is 24.8 Å². The summed E-state index contributed by atoms with van der Waals surface area (Å²) in [5.74, 6) is -0.287. The highest BCUT2D eigenvalue weighted by molar-refractivity contribution is 6.01. The summed E-state index contributed by atoms with van der Waals surface area (Å²) < 4.78 is 13.4. The van der Waals surface area contributed by atoms with Gasteiger partial charge in [-0.3, -0.25) is 9.59 Å². The standard InChI is InChI=1S/C36H40O7/c1-34-13-12-26(39)16-25(34)10-11-27-28-17-31-36(30(41)20-38,35(28,2)18-29(40)32(27)34)43-33(42-31)24-5-3-4-23(15-24)14-21-6-8-22(19-37)9-7-21/h3-9,12-13,15-16,27-29,31-33,37-38,40H,10-11,14,17-20H2,1-2H3/t27-,28-,29-,31+,32?,33+,34-,35-,36+/m0/s1. The van der Waals surface area contributed by atoms with Crippen LogP contribution in [0.15, 0.2) is 72.3 Å². The highest BCUT2D eigenvalue weighted by Crippen LogP contribution is 2.70. The molecule has 9 atom stereocenters. The van der Waals surface area contributed by atoms with Gasteiger partial charge in [-0.05, 0) is 72.8 Å². The molecular formula is C36H40O7. The Morgan fingerprint density at radius 1 is 1.05 bits per heavy atom. The number of fused-ring (bicyclic) bond motifs is 7. The number of hydrogen-bond donors (Lipinski definition) is 3. The first-order valence-electron chi connectivity index (χ1n) is 15.5. The van der Waals surface area contributed by atoms with Crippen LogP contribution in [0.5, 0.6) is 0 Å². The van der Waals surface area contributed by atoms with Crippen molar-refractivity contribution in [3.63, 3.8) is 0 Å². The van der Waals surface area contributed by atoms with E-state index in [0.29, 0.717) is 19.3 Å². The molecule has 4 aliphatic carbocycles. The van der Waals surface area contributed by atoms with Crippen LogP contribution in [0, 0.1) is 28.6 Å². The van der Waals surface area contributed by atoms with Gasteiger partial charge in [0.15, 0.2) is 23.5 Å². The summed E-state index contributed by atoms with van der Waals surface area (Å²) in [6.45, 7) is 3.54. The van der Waals surface area contributed by atoms with E-state index in [2.05, 4.69) is 13.8 Å². The normalized spacial score (nSPS) is 39.5. The van der Waals surface area contributed by atoms with Gasteiger partial charge in [0.25, 0.3) is 0 Å². The smallest absolute Gasteiger partial charge is 0.193 e. The van der Waals surface area contributed by atoms with Gasteiger partial charge in [0.05, 0.1) is 18.8 Å². The van der Waals surface area contributed by atoms with Gasteiger partial charge in [-0.15, -0.1) is 0 Å². The fourth-order valence-electron chi connectivity index (χ4n) is 9.68. The predicted octanol–water partition coefficient (Wildman–Crippen LogP) is 4.37. The zero-order chi connectivity index (χ0) is 30.1. The molecule has 2 aromatic carbocycles. The molecule has 3 N–H and O–H groups in total. The van der Waals surface area contributed by atoms with E-state index in [0.717, 1.165) is 40.7 Å². The third kappa shape index (κ3) is 4.20. The number of aliphatic hydroxyl groups excluding tert-OH is 3. The average molecular weight is 585 g/mol. The molecule has 1 aliphatic heterocycles. The van der Waals surface area contributed by atoms with E-state index >= 15 is 0 Å². The maximum atomic E-state index is 13.8. The summed E-state index contributed by atoms with van der Waals surface area (Å²) in [6.07, 6.45) is 6.60. The Labute approximate surface area is 252 Å². The maximum absolute atomic E-state index is 13.8. The van der Waals surface area contributed by atoms with Crippen molar-refractivity contribution in [2.45, 2.75) is 76.7 Å². The molecule has 5 aliphatic rings. The van der Waals surface area contributed by atoms with Crippen LogP contribution in [-0.2, 0) is 32.1 Å². The van der Waals surface area contributed by atoms with Crippen LogP contribution in [0.4, 0.5) is 0 Å². The van der Waals surface area contributed by atoms with Gasteiger partial charge in [0.2, 0.25) is 0 Å². The first kappa shape index (κ1) is 28.8. The summed E-state index contributed by atoms with van der Waals surface area (Å²) in [6, 6.07) is 15.8. The molecule has 1 heterocycles. The molecule has 0 bridgehead atoms. The molecule has 7 heteroatoms. The van der Waals surface area contributed by atoms with Crippen molar-refractivity contribution < 1.29 is 34.4 Å². The lowest BCUT2D eigenvalue weighted by molar-refractivity contribution is -0.201. The zero-order valence-electron chi connectivity index (χ0n) is 24.7. The van der Waals surface area contributed by atoms with Crippen LogP contribution in [0.2, 0.25) is 0 Å². The molecule has 1 unspecified atom stereocenters. The lowest BCUT2D eigenvalue weighted by Gasteiger charge is -2.59. The van der Waals surface area contributed by atoms with E-state index < -0.39 is 41.5 Å². The molecule has 0 amide bonds. The Hall–Kier alpha value is -2.94. The first-order chi connectivity index (χ1) is 20.6. The molecule has 7 rings (SSSR count). The third-order valence-corrected chi connectivity index (χ3v) is 11.6. The number of carbonyl (C=O) groups excluding carboxylic acids is 2. The van der Waals surface area contributed by atoms with Gasteiger partial charge in [-0.2, -0.15) is 0 Å². The second kappa shape index (κ2) is 10.3. The van der Waals surface area contributed by atoms with Crippen LogP contribution in [0.25, 0.3) is 0 Å². The van der Waals surface area contributed by atoms with Crippen molar-refractivity contribution in [1.29, 1.82) is 0 Å². The molecule has 226 valence electrons. The summed E-state index contributed by atoms with van der Waals surface area (Å²) in [5, 5.41) is 31.4. The Bertz CT molecular complexity index is 1510. The van der Waals surface area contributed by atoms with Gasteiger partial charge in [-0.25, -0.2) is 0 Å². The van der Waals surface area contributed by atoms with Crippen molar-refractivity contribution >= 4 is 11.6 Å². The molecule has 3 saturated carbocycles. The SMILES string of the molecule is C[C@]12C=CC(=O)C=C1CC[C@@H]1C2[C@@H](O)C[C@@]2(C)[C@H]1C[C@H]1O[C@@H](c3cccc(Cc4ccc(CO)cc4)c3)O[C@]12C(=O)CO. The number of ether oxygens (including phenoxy) is 2. The molecule has 4 fully saturated rings. The second-order valence-electron chi connectivity index (χ2n) is 13.7. The molecule has 1 saturated heterocycles. The minimum absolute atomic E-state index is 0.000436. The van der Waals surface area contributed by atoms with Crippen molar-refractivity contribution in [1.82, 2.24) is 0 Å². The molecule has 2 aromatic rings. The topological polar surface area (TPSA) is 113 Å². The van der Waals surface area contributed by atoms with Gasteiger partial charge in [-0.1, -0.05) is 74.0 Å². The zero-order valence-corrected chi connectivity index (χ0v) is 24.7. The van der Waals surface area contributed by atoms with Crippen molar-refractivity contribution in [3.05, 3.63) is 94.6 Å². The fourth-order valence-corrected chi connectivity index (χ4v) is 9.68. The van der Waals surface area contributed by atoms with E-state index in [1.165, 1.54) is 0 Å². The molecule has 0 aromatic heterocycles. The van der Waals surface area contributed by atoms with Crippen LogP contribution < -0.4 is 0 Å². The third-order valence-electron chi connectivity index (χ3n) is 11.6. The minimum Gasteiger partial charge on any atom is -0.393 e. The molecule has 43 heavy (non-hydrogen) atoms. The van der Waals surface area contributed by atoms with E-state index in [1.54, 1.807) is 12.2 Å². The van der Waals surface area contributed by atoms with Crippen molar-refractivity contribution in [3.8, 4) is 0 Å². The largest absolute Gasteiger partial charge is 0.393 e. The number of benzene rings is 2. The number of carbonyl (C=O) groups is 2. The van der Waals surface area contributed by atoms with Crippen molar-refractivity contribution in [2.75, 3.05) is 6.61 Å². The van der Waals surface area contributed by atoms with Gasteiger partial charge in [0.1, 0.15) is 6.61 Å². The molecule has 0 spiro atoms. The number of aliphatic hydroxyl groups is 3. The number of allylic oxidation sites excluding steroid dienone is 4. The quantitative estimate of drug-likeness (QED) is 0.462. The van der Waals surface area contributed by atoms with E-state index in [4.69, 9.17) is 9.47 Å². The van der Waals surface area contributed by atoms with Crippen LogP contribution in [-0.4, -0.2) is 51.3 Å². The van der Waals surface area contributed by atoms with E-state index in [-0.39, 0.29) is 35.9 Å².